The molecule has 0 spiro atoms. The van der Waals surface area contributed by atoms with Gasteiger partial charge in [0.1, 0.15) is 0 Å². The van der Waals surface area contributed by atoms with E-state index in [4.69, 9.17) is 5.73 Å². The Hall–Kier alpha value is -1.35. The van der Waals surface area contributed by atoms with E-state index in [-0.39, 0.29) is 0 Å². The molecule has 0 amide bonds. The topological polar surface area (TPSA) is 54.7 Å². The predicted molar refractivity (Wildman–Crippen MR) is 58.2 cm³/mol. The van der Waals surface area contributed by atoms with Crippen molar-refractivity contribution in [3.05, 3.63) is 29.7 Å². The summed E-state index contributed by atoms with van der Waals surface area (Å²) >= 11 is 0. The van der Waals surface area contributed by atoms with Crippen LogP contribution in [0.4, 0.5) is 0 Å². The Labute approximate surface area is 83.3 Å². The van der Waals surface area contributed by atoms with Crippen molar-refractivity contribution in [1.29, 1.82) is 0 Å². The second-order valence-electron chi connectivity index (χ2n) is 3.54. The molecular weight excluding hydrogens is 174 g/mol. The van der Waals surface area contributed by atoms with Crippen molar-refractivity contribution in [3.63, 3.8) is 0 Å². The SMILES string of the molecule is Cc1[nH]c2cnccc2c1CCCN. The fraction of sp³-hybridized carbons (Fsp3) is 0.364. The van der Waals surface area contributed by atoms with Crippen molar-refractivity contribution in [2.75, 3.05) is 6.54 Å². The second-order valence-corrected chi connectivity index (χ2v) is 3.54. The van der Waals surface area contributed by atoms with Gasteiger partial charge in [0, 0.05) is 17.3 Å². The molecule has 0 atom stereocenters. The number of pyridine rings is 1. The summed E-state index contributed by atoms with van der Waals surface area (Å²) in [5, 5.41) is 1.28. The van der Waals surface area contributed by atoms with E-state index in [1.54, 1.807) is 0 Å². The molecule has 0 aromatic carbocycles. The quantitative estimate of drug-likeness (QED) is 0.773. The van der Waals surface area contributed by atoms with E-state index < -0.39 is 0 Å². The minimum absolute atomic E-state index is 0.747. The van der Waals surface area contributed by atoms with E-state index in [2.05, 4.69) is 23.0 Å². The molecular formula is C11H15N3. The lowest BCUT2D eigenvalue weighted by atomic mass is 10.1. The Kier molecular flexibility index (Phi) is 2.50. The van der Waals surface area contributed by atoms with E-state index >= 15 is 0 Å². The summed E-state index contributed by atoms with van der Waals surface area (Å²) in [6.07, 6.45) is 5.79. The van der Waals surface area contributed by atoms with Crippen molar-refractivity contribution in [3.8, 4) is 0 Å². The highest BCUT2D eigenvalue weighted by Gasteiger charge is 2.06. The highest BCUT2D eigenvalue weighted by Crippen LogP contribution is 2.21. The maximum Gasteiger partial charge on any atom is 0.0645 e. The predicted octanol–water partition coefficient (Wildman–Crippen LogP) is 1.76. The monoisotopic (exact) mass is 189 g/mol. The Morgan fingerprint density at radius 2 is 2.36 bits per heavy atom. The first kappa shape index (κ1) is 9.21. The molecule has 0 saturated carbocycles. The van der Waals surface area contributed by atoms with Gasteiger partial charge in [0.2, 0.25) is 0 Å². The van der Waals surface area contributed by atoms with Crippen LogP contribution < -0.4 is 5.73 Å². The molecule has 0 bridgehead atoms. The van der Waals surface area contributed by atoms with Crippen molar-refractivity contribution >= 4 is 10.9 Å². The third kappa shape index (κ3) is 1.51. The Morgan fingerprint density at radius 1 is 1.50 bits per heavy atom. The number of aromatic nitrogens is 2. The van der Waals surface area contributed by atoms with Gasteiger partial charge >= 0.3 is 0 Å². The molecule has 2 aromatic heterocycles. The van der Waals surface area contributed by atoms with Crippen molar-refractivity contribution in [1.82, 2.24) is 9.97 Å². The van der Waals surface area contributed by atoms with Crippen LogP contribution in [0, 0.1) is 6.92 Å². The molecule has 2 heterocycles. The van der Waals surface area contributed by atoms with Crippen molar-refractivity contribution < 1.29 is 0 Å². The summed E-state index contributed by atoms with van der Waals surface area (Å²) in [6, 6.07) is 2.06. The average Bonchev–Trinajstić information content (AvgIpc) is 2.51. The molecule has 0 radical (unpaired) electrons. The zero-order chi connectivity index (χ0) is 9.97. The zero-order valence-electron chi connectivity index (χ0n) is 8.38. The Balaban J connectivity index is 2.45. The van der Waals surface area contributed by atoms with Gasteiger partial charge in [0.15, 0.2) is 0 Å². The van der Waals surface area contributed by atoms with Crippen LogP contribution in [0.3, 0.4) is 0 Å². The van der Waals surface area contributed by atoms with Crippen LogP contribution in [0.2, 0.25) is 0 Å². The van der Waals surface area contributed by atoms with Crippen LogP contribution in [0.25, 0.3) is 10.9 Å². The van der Waals surface area contributed by atoms with Crippen LogP contribution in [-0.4, -0.2) is 16.5 Å². The molecule has 3 nitrogen and oxygen atoms in total. The third-order valence-corrected chi connectivity index (χ3v) is 2.55. The van der Waals surface area contributed by atoms with Gasteiger partial charge in [-0.2, -0.15) is 0 Å². The molecule has 0 fully saturated rings. The lowest BCUT2D eigenvalue weighted by Crippen LogP contribution is -2.00. The van der Waals surface area contributed by atoms with Gasteiger partial charge in [-0.3, -0.25) is 4.98 Å². The first-order valence-electron chi connectivity index (χ1n) is 4.94. The van der Waals surface area contributed by atoms with Crippen LogP contribution in [-0.2, 0) is 6.42 Å². The first-order chi connectivity index (χ1) is 6.83. The molecule has 0 aliphatic heterocycles. The first-order valence-corrected chi connectivity index (χ1v) is 4.94. The minimum atomic E-state index is 0.747. The smallest absolute Gasteiger partial charge is 0.0645 e. The van der Waals surface area contributed by atoms with E-state index in [1.807, 2.05) is 12.4 Å². The molecule has 2 rings (SSSR count). The number of aromatic amines is 1. The maximum atomic E-state index is 5.52. The number of hydrogen-bond acceptors (Lipinski definition) is 2. The van der Waals surface area contributed by atoms with Crippen molar-refractivity contribution in [2.24, 2.45) is 5.73 Å². The van der Waals surface area contributed by atoms with Gasteiger partial charge in [-0.15, -0.1) is 0 Å². The van der Waals surface area contributed by atoms with Crippen LogP contribution in [0.1, 0.15) is 17.7 Å². The van der Waals surface area contributed by atoms with E-state index in [0.29, 0.717) is 0 Å². The molecule has 3 N–H and O–H groups in total. The summed E-state index contributed by atoms with van der Waals surface area (Å²) in [6.45, 7) is 2.85. The number of nitrogens with one attached hydrogen (secondary N) is 1. The zero-order valence-corrected chi connectivity index (χ0v) is 8.38. The van der Waals surface area contributed by atoms with Crippen LogP contribution in [0.5, 0.6) is 0 Å². The molecule has 0 saturated heterocycles. The highest BCUT2D eigenvalue weighted by molar-refractivity contribution is 5.83. The number of aryl methyl sites for hydroxylation is 2. The van der Waals surface area contributed by atoms with Gasteiger partial charge in [-0.1, -0.05) is 0 Å². The molecule has 0 aliphatic rings. The summed E-state index contributed by atoms with van der Waals surface area (Å²) in [5.41, 5.74) is 9.26. The van der Waals surface area contributed by atoms with Gasteiger partial charge in [0.25, 0.3) is 0 Å². The number of fused-ring (bicyclic) bond motifs is 1. The summed E-state index contributed by atoms with van der Waals surface area (Å²) < 4.78 is 0. The number of H-pyrrole nitrogens is 1. The number of hydrogen-bond donors (Lipinski definition) is 2. The normalized spacial score (nSPS) is 11.0. The number of nitrogens with zero attached hydrogens (tertiary/aromatic N) is 1. The maximum absolute atomic E-state index is 5.52. The highest BCUT2D eigenvalue weighted by atomic mass is 14.7. The Bertz CT molecular complexity index is 431. The molecule has 0 aliphatic carbocycles. The van der Waals surface area contributed by atoms with Crippen molar-refractivity contribution in [2.45, 2.75) is 19.8 Å². The lowest BCUT2D eigenvalue weighted by Gasteiger charge is -1.98. The van der Waals surface area contributed by atoms with E-state index in [0.717, 1.165) is 24.9 Å². The average molecular weight is 189 g/mol. The van der Waals surface area contributed by atoms with Crippen LogP contribution >= 0.6 is 0 Å². The number of rotatable bonds is 3. The largest absolute Gasteiger partial charge is 0.357 e. The van der Waals surface area contributed by atoms with Gasteiger partial charge in [-0.05, 0) is 37.9 Å². The lowest BCUT2D eigenvalue weighted by molar-refractivity contribution is 0.831. The van der Waals surface area contributed by atoms with Gasteiger partial charge in [-0.25, -0.2) is 0 Å². The molecule has 0 unspecified atom stereocenters. The molecule has 74 valence electrons. The Morgan fingerprint density at radius 3 is 3.14 bits per heavy atom. The standard InChI is InChI=1S/C11H15N3/c1-8-9(3-2-5-12)10-4-6-13-7-11(10)14-8/h4,6-7,14H,2-3,5,12H2,1H3. The molecule has 2 aromatic rings. The van der Waals surface area contributed by atoms with E-state index in [1.165, 1.54) is 16.6 Å². The third-order valence-electron chi connectivity index (χ3n) is 2.55. The number of nitrogens with two attached hydrogens (primary N) is 1. The fourth-order valence-electron chi connectivity index (χ4n) is 1.84. The second kappa shape index (κ2) is 3.80. The van der Waals surface area contributed by atoms with Gasteiger partial charge in [0.05, 0.1) is 11.7 Å². The minimum Gasteiger partial charge on any atom is -0.357 e. The fourth-order valence-corrected chi connectivity index (χ4v) is 1.84. The van der Waals surface area contributed by atoms with E-state index in [9.17, 15) is 0 Å². The summed E-state index contributed by atoms with van der Waals surface area (Å²) in [4.78, 5) is 7.42. The van der Waals surface area contributed by atoms with Crippen LogP contribution in [0.15, 0.2) is 18.5 Å². The summed E-state index contributed by atoms with van der Waals surface area (Å²) in [5.74, 6) is 0. The summed E-state index contributed by atoms with van der Waals surface area (Å²) in [7, 11) is 0. The van der Waals surface area contributed by atoms with Gasteiger partial charge < -0.3 is 10.7 Å². The molecule has 14 heavy (non-hydrogen) atoms. The molecule has 3 heteroatoms.